The lowest BCUT2D eigenvalue weighted by atomic mass is 9.90. The van der Waals surface area contributed by atoms with E-state index in [1.54, 1.807) is 0 Å². The van der Waals surface area contributed by atoms with Gasteiger partial charge in [-0.3, -0.25) is 9.69 Å². The zero-order valence-corrected chi connectivity index (χ0v) is 17.9. The Morgan fingerprint density at radius 2 is 1.58 bits per heavy atom. The highest BCUT2D eigenvalue weighted by Gasteiger charge is 2.31. The summed E-state index contributed by atoms with van der Waals surface area (Å²) in [6.07, 6.45) is 1.64. The zero-order chi connectivity index (χ0) is 21.6. The second-order valence-electron chi connectivity index (χ2n) is 8.06. The fourth-order valence-electron chi connectivity index (χ4n) is 4.46. The first-order valence-corrected chi connectivity index (χ1v) is 11.0. The summed E-state index contributed by atoms with van der Waals surface area (Å²) in [7, 11) is 0. The van der Waals surface area contributed by atoms with Gasteiger partial charge in [-0.2, -0.15) is 0 Å². The monoisotopic (exact) mass is 415 g/mol. The SMILES string of the molecule is CCOc1ccc(C(c2ccc(-c3ccccc3)cc2)N2CCCC(C(=O)O)C2)cc1. The Labute approximate surface area is 184 Å². The molecule has 0 spiro atoms. The van der Waals surface area contributed by atoms with E-state index in [1.165, 1.54) is 16.7 Å². The van der Waals surface area contributed by atoms with E-state index in [9.17, 15) is 9.90 Å². The van der Waals surface area contributed by atoms with Gasteiger partial charge in [-0.1, -0.05) is 66.7 Å². The Bertz CT molecular complexity index is 983. The molecule has 4 nitrogen and oxygen atoms in total. The summed E-state index contributed by atoms with van der Waals surface area (Å²) in [5.74, 6) is -0.163. The molecule has 1 aliphatic heterocycles. The van der Waals surface area contributed by atoms with Crippen molar-refractivity contribution in [1.29, 1.82) is 0 Å². The number of carboxylic acids is 1. The molecule has 31 heavy (non-hydrogen) atoms. The summed E-state index contributed by atoms with van der Waals surface area (Å²) in [6.45, 7) is 4.07. The maximum absolute atomic E-state index is 11.7. The number of aliphatic carboxylic acids is 1. The van der Waals surface area contributed by atoms with Crippen LogP contribution < -0.4 is 4.74 Å². The van der Waals surface area contributed by atoms with Gasteiger partial charge >= 0.3 is 5.97 Å². The minimum atomic E-state index is -0.699. The molecule has 3 aromatic carbocycles. The fourth-order valence-corrected chi connectivity index (χ4v) is 4.46. The number of piperidine rings is 1. The van der Waals surface area contributed by atoms with Crippen LogP contribution in [0.4, 0.5) is 0 Å². The van der Waals surface area contributed by atoms with Gasteiger partial charge in [0.1, 0.15) is 5.75 Å². The molecule has 4 heteroatoms. The predicted octanol–water partition coefficient (Wildman–Crippen LogP) is 5.64. The lowest BCUT2D eigenvalue weighted by Gasteiger charge is -2.37. The zero-order valence-electron chi connectivity index (χ0n) is 17.9. The molecule has 2 atom stereocenters. The van der Waals surface area contributed by atoms with Crippen LogP contribution in [0.5, 0.6) is 5.75 Å². The van der Waals surface area contributed by atoms with Crippen LogP contribution in [0, 0.1) is 5.92 Å². The summed E-state index contributed by atoms with van der Waals surface area (Å²) in [6, 6.07) is 27.2. The summed E-state index contributed by atoms with van der Waals surface area (Å²) in [5.41, 5.74) is 4.70. The summed E-state index contributed by atoms with van der Waals surface area (Å²) in [4.78, 5) is 14.0. The number of ether oxygens (including phenoxy) is 1. The lowest BCUT2D eigenvalue weighted by molar-refractivity contribution is -0.143. The molecule has 3 aromatic rings. The van der Waals surface area contributed by atoms with Crippen LogP contribution in [0.1, 0.15) is 36.9 Å². The van der Waals surface area contributed by atoms with Crippen molar-refractivity contribution in [2.75, 3.05) is 19.7 Å². The molecule has 0 aromatic heterocycles. The molecule has 2 unspecified atom stereocenters. The van der Waals surface area contributed by atoms with Gasteiger partial charge in [-0.15, -0.1) is 0 Å². The van der Waals surface area contributed by atoms with E-state index in [2.05, 4.69) is 53.4 Å². The number of benzene rings is 3. The Morgan fingerprint density at radius 3 is 2.19 bits per heavy atom. The first-order chi connectivity index (χ1) is 15.2. The predicted molar refractivity (Wildman–Crippen MR) is 123 cm³/mol. The molecule has 0 saturated carbocycles. The van der Waals surface area contributed by atoms with E-state index in [0.29, 0.717) is 13.2 Å². The molecular weight excluding hydrogens is 386 g/mol. The Balaban J connectivity index is 1.67. The standard InChI is InChI=1S/C27H29NO3/c1-2-31-25-16-14-23(15-17-25)26(28-18-6-9-24(19-28)27(29)30)22-12-10-21(11-13-22)20-7-4-3-5-8-20/h3-5,7-8,10-17,24,26H,2,6,9,18-19H2,1H3,(H,29,30). The van der Waals surface area contributed by atoms with Gasteiger partial charge in [0.2, 0.25) is 0 Å². The first-order valence-electron chi connectivity index (χ1n) is 11.0. The average molecular weight is 416 g/mol. The van der Waals surface area contributed by atoms with Crippen LogP contribution in [-0.2, 0) is 4.79 Å². The Kier molecular flexibility index (Phi) is 6.68. The van der Waals surface area contributed by atoms with Crippen LogP contribution in [-0.4, -0.2) is 35.7 Å². The van der Waals surface area contributed by atoms with Crippen molar-refractivity contribution >= 4 is 5.97 Å². The van der Waals surface area contributed by atoms with E-state index in [-0.39, 0.29) is 12.0 Å². The molecule has 1 fully saturated rings. The molecule has 0 aliphatic carbocycles. The van der Waals surface area contributed by atoms with Crippen molar-refractivity contribution in [3.63, 3.8) is 0 Å². The quantitative estimate of drug-likeness (QED) is 0.543. The summed E-state index contributed by atoms with van der Waals surface area (Å²) in [5, 5.41) is 9.59. The van der Waals surface area contributed by atoms with Gasteiger partial charge in [-0.25, -0.2) is 0 Å². The van der Waals surface area contributed by atoms with Crippen LogP contribution in [0.3, 0.4) is 0 Å². The van der Waals surface area contributed by atoms with Crippen LogP contribution in [0.2, 0.25) is 0 Å². The van der Waals surface area contributed by atoms with Gasteiger partial charge in [0.15, 0.2) is 0 Å². The van der Waals surface area contributed by atoms with Gasteiger partial charge in [-0.05, 0) is 60.7 Å². The number of carboxylic acid groups (broad SMARTS) is 1. The van der Waals surface area contributed by atoms with Crippen molar-refractivity contribution in [1.82, 2.24) is 4.90 Å². The van der Waals surface area contributed by atoms with Crippen molar-refractivity contribution in [3.8, 4) is 16.9 Å². The van der Waals surface area contributed by atoms with E-state index in [1.807, 2.05) is 37.3 Å². The fraction of sp³-hybridized carbons (Fsp3) is 0.296. The average Bonchev–Trinajstić information content (AvgIpc) is 2.82. The third kappa shape index (κ3) is 4.97. The van der Waals surface area contributed by atoms with Crippen molar-refractivity contribution < 1.29 is 14.6 Å². The highest BCUT2D eigenvalue weighted by molar-refractivity contribution is 5.70. The Morgan fingerprint density at radius 1 is 0.968 bits per heavy atom. The molecule has 1 aliphatic rings. The van der Waals surface area contributed by atoms with Crippen LogP contribution in [0.15, 0.2) is 78.9 Å². The number of likely N-dealkylation sites (tertiary alicyclic amines) is 1. The smallest absolute Gasteiger partial charge is 0.307 e. The number of hydrogen-bond donors (Lipinski definition) is 1. The molecule has 1 saturated heterocycles. The Hall–Kier alpha value is -3.11. The number of nitrogens with zero attached hydrogens (tertiary/aromatic N) is 1. The number of carbonyl (C=O) groups is 1. The molecule has 4 rings (SSSR count). The number of hydrogen-bond acceptors (Lipinski definition) is 3. The molecule has 160 valence electrons. The highest BCUT2D eigenvalue weighted by atomic mass is 16.5. The van der Waals surface area contributed by atoms with Crippen LogP contribution >= 0.6 is 0 Å². The molecule has 0 bridgehead atoms. The maximum Gasteiger partial charge on any atom is 0.307 e. The van der Waals surface area contributed by atoms with Gasteiger partial charge in [0.05, 0.1) is 18.6 Å². The lowest BCUT2D eigenvalue weighted by Crippen LogP contribution is -2.41. The largest absolute Gasteiger partial charge is 0.494 e. The van der Waals surface area contributed by atoms with Gasteiger partial charge in [0, 0.05) is 6.54 Å². The van der Waals surface area contributed by atoms with Crippen molar-refractivity contribution in [3.05, 3.63) is 90.0 Å². The summed E-state index contributed by atoms with van der Waals surface area (Å²) < 4.78 is 5.61. The maximum atomic E-state index is 11.7. The van der Waals surface area contributed by atoms with E-state index >= 15 is 0 Å². The summed E-state index contributed by atoms with van der Waals surface area (Å²) >= 11 is 0. The van der Waals surface area contributed by atoms with E-state index in [0.717, 1.165) is 30.7 Å². The second-order valence-corrected chi connectivity index (χ2v) is 8.06. The second kappa shape index (κ2) is 9.80. The molecule has 0 amide bonds. The van der Waals surface area contributed by atoms with E-state index < -0.39 is 5.97 Å². The minimum absolute atomic E-state index is 0.0163. The van der Waals surface area contributed by atoms with Crippen LogP contribution in [0.25, 0.3) is 11.1 Å². The first kappa shape index (κ1) is 21.1. The minimum Gasteiger partial charge on any atom is -0.494 e. The molecule has 1 heterocycles. The van der Waals surface area contributed by atoms with E-state index in [4.69, 9.17) is 4.74 Å². The molecule has 0 radical (unpaired) electrons. The normalized spacial score (nSPS) is 17.8. The van der Waals surface area contributed by atoms with Crippen molar-refractivity contribution in [2.45, 2.75) is 25.8 Å². The third-order valence-corrected chi connectivity index (χ3v) is 6.01. The highest BCUT2D eigenvalue weighted by Crippen LogP contribution is 2.34. The molecule has 1 N–H and O–H groups in total. The number of rotatable bonds is 7. The van der Waals surface area contributed by atoms with Crippen molar-refractivity contribution in [2.24, 2.45) is 5.92 Å². The van der Waals surface area contributed by atoms with Gasteiger partial charge < -0.3 is 9.84 Å². The molecular formula is C27H29NO3. The topological polar surface area (TPSA) is 49.8 Å². The third-order valence-electron chi connectivity index (χ3n) is 6.01. The van der Waals surface area contributed by atoms with Gasteiger partial charge in [0.25, 0.3) is 0 Å².